The highest BCUT2D eigenvalue weighted by Crippen LogP contribution is 2.32. The van der Waals surface area contributed by atoms with Crippen molar-refractivity contribution in [1.82, 2.24) is 19.4 Å². The number of aromatic nitrogens is 3. The van der Waals surface area contributed by atoms with Crippen LogP contribution in [-0.2, 0) is 6.54 Å². The number of fused-ring (bicyclic) bond motifs is 1. The normalized spacial score (nSPS) is 18.7. The molecule has 1 atom stereocenters. The van der Waals surface area contributed by atoms with E-state index in [0.717, 1.165) is 36.5 Å². The van der Waals surface area contributed by atoms with E-state index in [-0.39, 0.29) is 11.6 Å². The molecule has 1 aliphatic heterocycles. The zero-order valence-electron chi connectivity index (χ0n) is 13.0. The summed E-state index contributed by atoms with van der Waals surface area (Å²) >= 11 is 0. The molecule has 118 valence electrons. The summed E-state index contributed by atoms with van der Waals surface area (Å²) in [6.45, 7) is 3.53. The molecule has 0 aliphatic carbocycles. The smallest absolute Gasteiger partial charge is 0.258 e. The topological polar surface area (TPSA) is 63.6 Å². The van der Waals surface area contributed by atoms with Gasteiger partial charge in [0.25, 0.3) is 5.56 Å². The molecule has 4 heterocycles. The van der Waals surface area contributed by atoms with Gasteiger partial charge in [-0.3, -0.25) is 14.1 Å². The second-order valence-electron chi connectivity index (χ2n) is 6.01. The Morgan fingerprint density at radius 1 is 1.35 bits per heavy atom. The van der Waals surface area contributed by atoms with Crippen LogP contribution in [0, 0.1) is 6.92 Å². The predicted molar refractivity (Wildman–Crippen MR) is 85.1 cm³/mol. The molecule has 3 aromatic heterocycles. The lowest BCUT2D eigenvalue weighted by molar-refractivity contribution is 0.234. The summed E-state index contributed by atoms with van der Waals surface area (Å²) in [7, 11) is 0. The molecule has 6 heteroatoms. The van der Waals surface area contributed by atoms with E-state index in [0.29, 0.717) is 12.2 Å². The average Bonchev–Trinajstić information content (AvgIpc) is 3.16. The number of hydrogen-bond donors (Lipinski definition) is 0. The van der Waals surface area contributed by atoms with Crippen molar-refractivity contribution >= 4 is 5.65 Å². The molecule has 6 nitrogen and oxygen atoms in total. The van der Waals surface area contributed by atoms with Gasteiger partial charge >= 0.3 is 0 Å². The molecule has 0 saturated carbocycles. The molecule has 0 N–H and O–H groups in total. The summed E-state index contributed by atoms with van der Waals surface area (Å²) in [6, 6.07) is 9.43. The average molecular weight is 310 g/mol. The van der Waals surface area contributed by atoms with E-state index in [1.165, 1.54) is 0 Å². The molecule has 1 fully saturated rings. The number of nitrogens with zero attached hydrogens (tertiary/aromatic N) is 4. The SMILES string of the molecule is Cc1cc([C@H]2CCCN2Cc2cc(=O)n3ccccc3n2)no1. The van der Waals surface area contributed by atoms with E-state index >= 15 is 0 Å². The predicted octanol–water partition coefficient (Wildman–Crippen LogP) is 2.33. The van der Waals surface area contributed by atoms with Crippen LogP contribution in [0.1, 0.15) is 36.0 Å². The Bertz CT molecular complexity index is 899. The first-order valence-electron chi connectivity index (χ1n) is 7.85. The summed E-state index contributed by atoms with van der Waals surface area (Å²) in [4.78, 5) is 19.1. The number of hydrogen-bond acceptors (Lipinski definition) is 5. The van der Waals surface area contributed by atoms with Crippen LogP contribution in [0.3, 0.4) is 0 Å². The van der Waals surface area contributed by atoms with Crippen LogP contribution in [0.25, 0.3) is 5.65 Å². The number of aryl methyl sites for hydroxylation is 1. The molecule has 0 amide bonds. The monoisotopic (exact) mass is 310 g/mol. The van der Waals surface area contributed by atoms with Gasteiger partial charge in [-0.15, -0.1) is 0 Å². The van der Waals surface area contributed by atoms with Gasteiger partial charge < -0.3 is 4.52 Å². The summed E-state index contributed by atoms with van der Waals surface area (Å²) in [5.74, 6) is 0.828. The van der Waals surface area contributed by atoms with Gasteiger partial charge in [0.15, 0.2) is 0 Å². The third-order valence-electron chi connectivity index (χ3n) is 4.34. The van der Waals surface area contributed by atoms with Crippen LogP contribution in [0.15, 0.2) is 45.8 Å². The molecule has 0 bridgehead atoms. The highest BCUT2D eigenvalue weighted by molar-refractivity contribution is 5.38. The molecule has 1 saturated heterocycles. The van der Waals surface area contributed by atoms with Crippen LogP contribution in [0.4, 0.5) is 0 Å². The van der Waals surface area contributed by atoms with Gasteiger partial charge in [0.05, 0.1) is 11.7 Å². The second kappa shape index (κ2) is 5.62. The molecular formula is C17H18N4O2. The first-order chi connectivity index (χ1) is 11.2. The summed E-state index contributed by atoms with van der Waals surface area (Å²) < 4.78 is 6.77. The van der Waals surface area contributed by atoms with Crippen molar-refractivity contribution in [1.29, 1.82) is 0 Å². The van der Waals surface area contributed by atoms with Crippen molar-refractivity contribution in [3.63, 3.8) is 0 Å². The molecule has 0 unspecified atom stereocenters. The zero-order valence-corrected chi connectivity index (χ0v) is 13.0. The van der Waals surface area contributed by atoms with E-state index in [9.17, 15) is 4.79 Å². The molecule has 0 spiro atoms. The molecule has 4 rings (SSSR count). The molecule has 3 aromatic rings. The maximum absolute atomic E-state index is 12.2. The fourth-order valence-electron chi connectivity index (χ4n) is 3.29. The van der Waals surface area contributed by atoms with Crippen LogP contribution < -0.4 is 5.56 Å². The minimum Gasteiger partial charge on any atom is -0.361 e. The van der Waals surface area contributed by atoms with Crippen LogP contribution >= 0.6 is 0 Å². The van der Waals surface area contributed by atoms with Crippen molar-refractivity contribution in [3.8, 4) is 0 Å². The minimum atomic E-state index is -0.0429. The molecule has 1 aliphatic rings. The van der Waals surface area contributed by atoms with E-state index in [2.05, 4.69) is 15.0 Å². The maximum Gasteiger partial charge on any atom is 0.258 e. The third kappa shape index (κ3) is 2.66. The molecular weight excluding hydrogens is 292 g/mol. The van der Waals surface area contributed by atoms with Gasteiger partial charge in [0, 0.05) is 24.9 Å². The minimum absolute atomic E-state index is 0.0429. The Kier molecular flexibility index (Phi) is 3.46. The number of pyridine rings is 1. The van der Waals surface area contributed by atoms with Gasteiger partial charge in [-0.25, -0.2) is 4.98 Å². The van der Waals surface area contributed by atoms with Gasteiger partial charge in [-0.2, -0.15) is 0 Å². The quantitative estimate of drug-likeness (QED) is 0.743. The van der Waals surface area contributed by atoms with E-state index in [1.54, 1.807) is 16.7 Å². The standard InChI is InChI=1S/C17H18N4O2/c1-12-9-14(19-23-12)15-5-4-7-20(15)11-13-10-17(22)21-8-3-2-6-16(21)18-13/h2-3,6,8-10,15H,4-5,7,11H2,1H3/t15-/m1/s1. The van der Waals surface area contributed by atoms with Gasteiger partial charge in [0.2, 0.25) is 0 Å². The second-order valence-corrected chi connectivity index (χ2v) is 6.01. The lowest BCUT2D eigenvalue weighted by Gasteiger charge is -2.22. The van der Waals surface area contributed by atoms with Crippen molar-refractivity contribution < 1.29 is 4.52 Å². The zero-order chi connectivity index (χ0) is 15.8. The van der Waals surface area contributed by atoms with Gasteiger partial charge in [0.1, 0.15) is 17.1 Å². The largest absolute Gasteiger partial charge is 0.361 e. The van der Waals surface area contributed by atoms with Gasteiger partial charge in [-0.1, -0.05) is 11.2 Å². The molecule has 0 aromatic carbocycles. The summed E-state index contributed by atoms with van der Waals surface area (Å²) in [5.41, 5.74) is 2.41. The Morgan fingerprint density at radius 2 is 2.26 bits per heavy atom. The highest BCUT2D eigenvalue weighted by atomic mass is 16.5. The Hall–Kier alpha value is -2.47. The Morgan fingerprint density at radius 3 is 3.09 bits per heavy atom. The summed E-state index contributed by atoms with van der Waals surface area (Å²) in [6.07, 6.45) is 3.91. The van der Waals surface area contributed by atoms with Crippen LogP contribution in [0.2, 0.25) is 0 Å². The van der Waals surface area contributed by atoms with E-state index < -0.39 is 0 Å². The number of rotatable bonds is 3. The van der Waals surface area contributed by atoms with Crippen LogP contribution in [0.5, 0.6) is 0 Å². The van der Waals surface area contributed by atoms with E-state index in [1.807, 2.05) is 31.2 Å². The first-order valence-corrected chi connectivity index (χ1v) is 7.85. The Balaban J connectivity index is 1.63. The fourth-order valence-corrected chi connectivity index (χ4v) is 3.29. The maximum atomic E-state index is 12.2. The molecule has 23 heavy (non-hydrogen) atoms. The Labute approximate surface area is 133 Å². The lowest BCUT2D eigenvalue weighted by atomic mass is 10.1. The van der Waals surface area contributed by atoms with Crippen molar-refractivity contribution in [2.45, 2.75) is 32.4 Å². The highest BCUT2D eigenvalue weighted by Gasteiger charge is 2.28. The van der Waals surface area contributed by atoms with Crippen molar-refractivity contribution in [2.75, 3.05) is 6.54 Å². The number of likely N-dealkylation sites (tertiary alicyclic amines) is 1. The lowest BCUT2D eigenvalue weighted by Crippen LogP contribution is -2.25. The van der Waals surface area contributed by atoms with E-state index in [4.69, 9.17) is 4.52 Å². The van der Waals surface area contributed by atoms with Gasteiger partial charge in [-0.05, 0) is 38.4 Å². The first kappa shape index (κ1) is 14.1. The molecule has 0 radical (unpaired) electrons. The van der Waals surface area contributed by atoms with Crippen molar-refractivity contribution in [3.05, 3.63) is 64.0 Å². The van der Waals surface area contributed by atoms with Crippen molar-refractivity contribution in [2.24, 2.45) is 0 Å². The van der Waals surface area contributed by atoms with Crippen LogP contribution in [-0.4, -0.2) is 26.0 Å². The fraction of sp³-hybridized carbons (Fsp3) is 0.353. The third-order valence-corrected chi connectivity index (χ3v) is 4.34. The summed E-state index contributed by atoms with van der Waals surface area (Å²) in [5, 5.41) is 4.15.